The minimum Gasteiger partial charge on any atom is -0.463 e. The molecule has 118 valence electrons. The van der Waals surface area contributed by atoms with Gasteiger partial charge in [0.05, 0.1) is 64.5 Å². The van der Waals surface area contributed by atoms with Gasteiger partial charge in [0.1, 0.15) is 11.5 Å². The normalized spacial score (nSPS) is 11.8. The van der Waals surface area contributed by atoms with Crippen LogP contribution in [0.3, 0.4) is 0 Å². The third-order valence-electron chi connectivity index (χ3n) is 2.62. The summed E-state index contributed by atoms with van der Waals surface area (Å²) < 4.78 is 21.0. The molecule has 0 bridgehead atoms. The van der Waals surface area contributed by atoms with Gasteiger partial charge in [-0.2, -0.15) is 0 Å². The molecule has 0 saturated carbocycles. The first-order valence-electron chi connectivity index (χ1n) is 7.17. The Morgan fingerprint density at radius 2 is 1.27 bits per heavy atom. The van der Waals surface area contributed by atoms with Crippen molar-refractivity contribution in [3.8, 4) is 0 Å². The summed E-state index contributed by atoms with van der Waals surface area (Å²) in [6.45, 7) is 3.45. The maximum absolute atomic E-state index is 5.40. The Balaban J connectivity index is 1.37. The fourth-order valence-corrected chi connectivity index (χ4v) is 1.59. The number of aliphatic imine (C=N–C) groups is 2. The van der Waals surface area contributed by atoms with E-state index >= 15 is 0 Å². The van der Waals surface area contributed by atoms with Crippen molar-refractivity contribution < 1.29 is 18.3 Å². The van der Waals surface area contributed by atoms with E-state index in [4.69, 9.17) is 18.3 Å². The first-order chi connectivity index (χ1) is 10.9. The van der Waals surface area contributed by atoms with Gasteiger partial charge in [0, 0.05) is 0 Å². The fourth-order valence-electron chi connectivity index (χ4n) is 1.59. The van der Waals surface area contributed by atoms with Gasteiger partial charge in [-0.3, -0.25) is 9.98 Å². The van der Waals surface area contributed by atoms with E-state index in [9.17, 15) is 0 Å². The van der Waals surface area contributed by atoms with Gasteiger partial charge in [0.15, 0.2) is 0 Å². The van der Waals surface area contributed by atoms with Gasteiger partial charge in [-0.25, -0.2) is 0 Å². The van der Waals surface area contributed by atoms with E-state index in [1.807, 2.05) is 24.3 Å². The highest BCUT2D eigenvalue weighted by molar-refractivity contribution is 5.75. The molecule has 0 aromatic carbocycles. The molecule has 0 spiro atoms. The SMILES string of the molecule is C(=NCCOCCOCCN=Cc1ccco1)c1ccco1. The van der Waals surface area contributed by atoms with Gasteiger partial charge >= 0.3 is 0 Å². The van der Waals surface area contributed by atoms with E-state index in [1.165, 1.54) is 0 Å². The van der Waals surface area contributed by atoms with Crippen LogP contribution in [0.1, 0.15) is 11.5 Å². The molecule has 0 aliphatic carbocycles. The lowest BCUT2D eigenvalue weighted by molar-refractivity contribution is 0.0541. The summed E-state index contributed by atoms with van der Waals surface area (Å²) in [7, 11) is 0. The molecule has 0 amide bonds. The van der Waals surface area contributed by atoms with E-state index in [2.05, 4.69) is 9.98 Å². The Labute approximate surface area is 129 Å². The summed E-state index contributed by atoms with van der Waals surface area (Å²) in [6.07, 6.45) is 6.62. The first kappa shape index (κ1) is 16.2. The molecule has 6 heteroatoms. The second kappa shape index (κ2) is 10.5. The van der Waals surface area contributed by atoms with Crippen LogP contribution in [0.15, 0.2) is 55.6 Å². The molecule has 2 aromatic heterocycles. The van der Waals surface area contributed by atoms with Gasteiger partial charge in [-0.15, -0.1) is 0 Å². The number of furan rings is 2. The smallest absolute Gasteiger partial charge is 0.144 e. The predicted molar refractivity (Wildman–Crippen MR) is 84.0 cm³/mol. The summed E-state index contributed by atoms with van der Waals surface area (Å²) in [5.41, 5.74) is 0. The average Bonchev–Trinajstić information content (AvgIpc) is 3.21. The summed E-state index contributed by atoms with van der Waals surface area (Å²) in [4.78, 5) is 8.37. The van der Waals surface area contributed by atoms with Crippen molar-refractivity contribution in [1.82, 2.24) is 0 Å². The lowest BCUT2D eigenvalue weighted by atomic mass is 10.5. The number of nitrogens with zero attached hydrogens (tertiary/aromatic N) is 2. The number of hydrogen-bond acceptors (Lipinski definition) is 6. The number of rotatable bonds is 11. The largest absolute Gasteiger partial charge is 0.463 e. The maximum Gasteiger partial charge on any atom is 0.144 e. The summed E-state index contributed by atoms with van der Waals surface area (Å²) in [5.74, 6) is 1.50. The van der Waals surface area contributed by atoms with Crippen molar-refractivity contribution >= 4 is 12.4 Å². The highest BCUT2D eigenvalue weighted by Crippen LogP contribution is 1.95. The van der Waals surface area contributed by atoms with Crippen molar-refractivity contribution in [2.24, 2.45) is 9.98 Å². The molecule has 6 nitrogen and oxygen atoms in total. The molecular formula is C16H20N2O4. The second-order valence-electron chi connectivity index (χ2n) is 4.33. The molecule has 0 atom stereocenters. The van der Waals surface area contributed by atoms with Crippen molar-refractivity contribution in [2.75, 3.05) is 39.5 Å². The van der Waals surface area contributed by atoms with E-state index in [0.29, 0.717) is 39.5 Å². The number of hydrogen-bond donors (Lipinski definition) is 0. The molecule has 0 unspecified atom stereocenters. The molecular weight excluding hydrogens is 284 g/mol. The first-order valence-corrected chi connectivity index (χ1v) is 7.17. The minimum atomic E-state index is 0.554. The average molecular weight is 304 g/mol. The lowest BCUT2D eigenvalue weighted by Crippen LogP contribution is -2.08. The number of ether oxygens (including phenoxy) is 2. The van der Waals surface area contributed by atoms with Crippen LogP contribution in [0.4, 0.5) is 0 Å². The van der Waals surface area contributed by atoms with E-state index in [1.54, 1.807) is 25.0 Å². The van der Waals surface area contributed by atoms with Gasteiger partial charge in [-0.05, 0) is 24.3 Å². The Morgan fingerprint density at radius 1 is 0.773 bits per heavy atom. The minimum absolute atomic E-state index is 0.554. The molecule has 2 heterocycles. The van der Waals surface area contributed by atoms with Gasteiger partial charge < -0.3 is 18.3 Å². The standard InChI is InChI=1S/C16H20N2O4/c1-3-15(21-7-1)13-17-5-9-19-11-12-20-10-6-18-14-16-4-2-8-22-16/h1-4,7-8,13-14H,5-6,9-12H2. The molecule has 0 aliphatic rings. The molecule has 22 heavy (non-hydrogen) atoms. The molecule has 0 aliphatic heterocycles. The lowest BCUT2D eigenvalue weighted by Gasteiger charge is -2.03. The third-order valence-corrected chi connectivity index (χ3v) is 2.62. The highest BCUT2D eigenvalue weighted by atomic mass is 16.5. The summed E-state index contributed by atoms with van der Waals surface area (Å²) in [5, 5.41) is 0. The predicted octanol–water partition coefficient (Wildman–Crippen LogP) is 2.44. The third kappa shape index (κ3) is 7.01. The van der Waals surface area contributed by atoms with Crippen LogP contribution in [0.2, 0.25) is 0 Å². The monoisotopic (exact) mass is 304 g/mol. The van der Waals surface area contributed by atoms with Crippen molar-refractivity contribution in [2.45, 2.75) is 0 Å². The Hall–Kier alpha value is -2.18. The molecule has 0 N–H and O–H groups in total. The van der Waals surface area contributed by atoms with Gasteiger partial charge in [-0.1, -0.05) is 0 Å². The van der Waals surface area contributed by atoms with Crippen molar-refractivity contribution in [3.63, 3.8) is 0 Å². The zero-order valence-electron chi connectivity index (χ0n) is 12.4. The molecule has 0 saturated heterocycles. The molecule has 0 fully saturated rings. The zero-order valence-corrected chi connectivity index (χ0v) is 12.4. The molecule has 0 radical (unpaired) electrons. The second-order valence-corrected chi connectivity index (χ2v) is 4.33. The van der Waals surface area contributed by atoms with Crippen molar-refractivity contribution in [1.29, 1.82) is 0 Å². The van der Waals surface area contributed by atoms with Crippen LogP contribution < -0.4 is 0 Å². The van der Waals surface area contributed by atoms with E-state index in [-0.39, 0.29) is 0 Å². The van der Waals surface area contributed by atoms with Crippen LogP contribution in [0.5, 0.6) is 0 Å². The highest BCUT2D eigenvalue weighted by Gasteiger charge is 1.91. The van der Waals surface area contributed by atoms with Gasteiger partial charge in [0.2, 0.25) is 0 Å². The van der Waals surface area contributed by atoms with Crippen LogP contribution in [-0.4, -0.2) is 51.9 Å². The van der Waals surface area contributed by atoms with Crippen molar-refractivity contribution in [3.05, 3.63) is 48.3 Å². The molecule has 2 rings (SSSR count). The fraction of sp³-hybridized carbons (Fsp3) is 0.375. The Bertz CT molecular complexity index is 482. The topological polar surface area (TPSA) is 69.5 Å². The van der Waals surface area contributed by atoms with Crippen LogP contribution in [-0.2, 0) is 9.47 Å². The van der Waals surface area contributed by atoms with Crippen LogP contribution in [0, 0.1) is 0 Å². The quantitative estimate of drug-likeness (QED) is 0.472. The zero-order chi connectivity index (χ0) is 15.3. The van der Waals surface area contributed by atoms with E-state index < -0.39 is 0 Å². The Kier molecular flexibility index (Phi) is 7.75. The van der Waals surface area contributed by atoms with Gasteiger partial charge in [0.25, 0.3) is 0 Å². The van der Waals surface area contributed by atoms with Crippen LogP contribution in [0.25, 0.3) is 0 Å². The van der Waals surface area contributed by atoms with Crippen LogP contribution >= 0.6 is 0 Å². The Morgan fingerprint density at radius 3 is 1.68 bits per heavy atom. The maximum atomic E-state index is 5.40. The molecule has 2 aromatic rings. The summed E-state index contributed by atoms with van der Waals surface area (Å²) in [6, 6.07) is 7.36. The van der Waals surface area contributed by atoms with E-state index in [0.717, 1.165) is 11.5 Å². The summed E-state index contributed by atoms with van der Waals surface area (Å²) >= 11 is 0.